The molecule has 2 aromatic heterocycles. The molecule has 2 rings (SSSR count). The minimum Gasteiger partial charge on any atom is -0.463 e. The van der Waals surface area contributed by atoms with E-state index in [1.807, 2.05) is 6.92 Å². The summed E-state index contributed by atoms with van der Waals surface area (Å²) in [4.78, 5) is 12.3. The number of ether oxygens (including phenoxy) is 1. The molecule has 0 aromatic carbocycles. The highest BCUT2D eigenvalue weighted by Crippen LogP contribution is 2.11. The molecule has 3 N–H and O–H groups in total. The normalized spacial score (nSPS) is 10.4. The molecular weight excluding hydrogens is 349 g/mol. The Balaban J connectivity index is 2.34. The van der Waals surface area contributed by atoms with E-state index in [1.54, 1.807) is 12.4 Å². The molecule has 2 aromatic rings. The average molecular weight is 361 g/mol. The molecule has 96 valence electrons. The largest absolute Gasteiger partial charge is 0.463 e. The second kappa shape index (κ2) is 5.91. The van der Waals surface area contributed by atoms with Crippen molar-refractivity contribution in [2.24, 2.45) is 5.84 Å². The molecule has 0 saturated heterocycles. The zero-order chi connectivity index (χ0) is 13.0. The fourth-order valence-corrected chi connectivity index (χ4v) is 1.57. The summed E-state index contributed by atoms with van der Waals surface area (Å²) in [6.07, 6.45) is 4.36. The molecule has 9 heteroatoms. The van der Waals surface area contributed by atoms with Crippen molar-refractivity contribution < 1.29 is 4.74 Å². The molecule has 0 unspecified atom stereocenters. The van der Waals surface area contributed by atoms with E-state index in [0.29, 0.717) is 12.6 Å². The predicted octanol–water partition coefficient (Wildman–Crippen LogP) is 0.736. The van der Waals surface area contributed by atoms with E-state index in [4.69, 9.17) is 10.6 Å². The van der Waals surface area contributed by atoms with E-state index in [-0.39, 0.29) is 12.0 Å². The molecule has 2 heterocycles. The first-order valence-corrected chi connectivity index (χ1v) is 6.37. The van der Waals surface area contributed by atoms with Crippen LogP contribution in [0.3, 0.4) is 0 Å². The van der Waals surface area contributed by atoms with Crippen molar-refractivity contribution in [1.82, 2.24) is 24.7 Å². The number of nitrogens with two attached hydrogens (primary N) is 1. The number of hydrogen-bond acceptors (Lipinski definition) is 7. The smallest absolute Gasteiger partial charge is 0.323 e. The first kappa shape index (κ1) is 13.0. The fourth-order valence-electron chi connectivity index (χ4n) is 1.18. The van der Waals surface area contributed by atoms with Gasteiger partial charge in [-0.05, 0) is 29.0 Å². The Morgan fingerprint density at radius 2 is 2.28 bits per heavy atom. The van der Waals surface area contributed by atoms with Gasteiger partial charge in [0.25, 0.3) is 5.95 Å². The number of anilines is 1. The van der Waals surface area contributed by atoms with Gasteiger partial charge in [-0.2, -0.15) is 20.1 Å². The van der Waals surface area contributed by atoms with Gasteiger partial charge in [-0.25, -0.2) is 10.5 Å². The molecule has 0 aliphatic carbocycles. The molecule has 8 nitrogen and oxygen atoms in total. The molecule has 18 heavy (non-hydrogen) atoms. The van der Waals surface area contributed by atoms with Crippen LogP contribution in [-0.2, 0) is 0 Å². The van der Waals surface area contributed by atoms with Crippen molar-refractivity contribution in [3.63, 3.8) is 0 Å². The van der Waals surface area contributed by atoms with Crippen molar-refractivity contribution >= 4 is 28.5 Å². The molecule has 0 fully saturated rings. The summed E-state index contributed by atoms with van der Waals surface area (Å²) in [5.74, 6) is 5.90. The van der Waals surface area contributed by atoms with Crippen LogP contribution in [0.5, 0.6) is 6.01 Å². The van der Waals surface area contributed by atoms with Crippen LogP contribution in [-0.4, -0.2) is 31.3 Å². The van der Waals surface area contributed by atoms with Gasteiger partial charge in [0.2, 0.25) is 5.95 Å². The van der Waals surface area contributed by atoms with E-state index in [2.05, 4.69) is 48.1 Å². The number of aromatic nitrogens is 5. The van der Waals surface area contributed by atoms with Crippen LogP contribution in [0.15, 0.2) is 12.4 Å². The van der Waals surface area contributed by atoms with Crippen LogP contribution in [0.2, 0.25) is 0 Å². The van der Waals surface area contributed by atoms with Crippen molar-refractivity contribution in [3.05, 3.63) is 16.0 Å². The van der Waals surface area contributed by atoms with Gasteiger partial charge in [0, 0.05) is 6.20 Å². The van der Waals surface area contributed by atoms with Gasteiger partial charge in [0.1, 0.15) is 0 Å². The molecule has 0 amide bonds. The van der Waals surface area contributed by atoms with Gasteiger partial charge < -0.3 is 4.74 Å². The fraction of sp³-hybridized carbons (Fsp3) is 0.333. The summed E-state index contributed by atoms with van der Waals surface area (Å²) in [6.45, 7) is 2.53. The summed E-state index contributed by atoms with van der Waals surface area (Å²) in [7, 11) is 0. The lowest BCUT2D eigenvalue weighted by Gasteiger charge is -2.06. The lowest BCUT2D eigenvalue weighted by atomic mass is 10.5. The molecule has 0 radical (unpaired) electrons. The minimum atomic E-state index is 0.223. The third kappa shape index (κ3) is 3.04. The Bertz CT molecular complexity index is 529. The van der Waals surface area contributed by atoms with Gasteiger partial charge in [-0.1, -0.05) is 6.92 Å². The topological polar surface area (TPSA) is 104 Å². The maximum Gasteiger partial charge on any atom is 0.323 e. The lowest BCUT2D eigenvalue weighted by molar-refractivity contribution is 0.291. The molecule has 0 aliphatic rings. The summed E-state index contributed by atoms with van der Waals surface area (Å²) >= 11 is 2.15. The van der Waals surface area contributed by atoms with Gasteiger partial charge in [-0.15, -0.1) is 0 Å². The Hall–Kier alpha value is -1.49. The average Bonchev–Trinajstić information content (AvgIpc) is 2.82. The van der Waals surface area contributed by atoms with E-state index in [9.17, 15) is 0 Å². The van der Waals surface area contributed by atoms with Gasteiger partial charge in [0.05, 0.1) is 16.4 Å². The van der Waals surface area contributed by atoms with Gasteiger partial charge in [-0.3, -0.25) is 5.43 Å². The minimum absolute atomic E-state index is 0.223. The molecule has 0 spiro atoms. The van der Waals surface area contributed by atoms with E-state index in [0.717, 1.165) is 9.99 Å². The van der Waals surface area contributed by atoms with E-state index in [1.165, 1.54) is 4.68 Å². The highest BCUT2D eigenvalue weighted by atomic mass is 127. The van der Waals surface area contributed by atoms with Crippen LogP contribution in [0.1, 0.15) is 13.3 Å². The Labute approximate surface area is 117 Å². The van der Waals surface area contributed by atoms with Crippen molar-refractivity contribution in [2.75, 3.05) is 12.0 Å². The maximum absolute atomic E-state index is 5.37. The SMILES string of the molecule is CCCOc1nc(NN)nc(-n2cc(I)cn2)n1. The molecule has 0 atom stereocenters. The van der Waals surface area contributed by atoms with Crippen LogP contribution in [0.25, 0.3) is 5.95 Å². The summed E-state index contributed by atoms with van der Waals surface area (Å²) < 4.78 is 7.87. The van der Waals surface area contributed by atoms with Crippen LogP contribution >= 0.6 is 22.6 Å². The molecule has 0 aliphatic heterocycles. The number of nitrogens with zero attached hydrogens (tertiary/aromatic N) is 5. The third-order valence-electron chi connectivity index (χ3n) is 1.92. The number of hydrogen-bond donors (Lipinski definition) is 2. The van der Waals surface area contributed by atoms with E-state index < -0.39 is 0 Å². The van der Waals surface area contributed by atoms with Crippen LogP contribution in [0, 0.1) is 3.57 Å². The zero-order valence-corrected chi connectivity index (χ0v) is 11.8. The maximum atomic E-state index is 5.37. The number of nitrogens with one attached hydrogen (secondary N) is 1. The summed E-state index contributed by atoms with van der Waals surface area (Å²) in [5.41, 5.74) is 2.38. The second-order valence-corrected chi connectivity index (χ2v) is 4.58. The standard InChI is InChI=1S/C9H12IN7O/c1-2-3-18-9-14-7(16-11)13-8(15-9)17-5-6(10)4-12-17/h4-5H,2-3,11H2,1H3,(H,13,14,15,16). The van der Waals surface area contributed by atoms with Gasteiger partial charge in [0.15, 0.2) is 0 Å². The molecular formula is C9H12IN7O. The number of nitrogen functional groups attached to an aromatic ring is 1. The van der Waals surface area contributed by atoms with Gasteiger partial charge >= 0.3 is 6.01 Å². The Morgan fingerprint density at radius 3 is 2.89 bits per heavy atom. The second-order valence-electron chi connectivity index (χ2n) is 3.34. The van der Waals surface area contributed by atoms with Crippen LogP contribution < -0.4 is 16.0 Å². The Kier molecular flexibility index (Phi) is 4.25. The Morgan fingerprint density at radius 1 is 1.44 bits per heavy atom. The zero-order valence-electron chi connectivity index (χ0n) is 9.67. The predicted molar refractivity (Wildman–Crippen MR) is 73.3 cm³/mol. The molecule has 0 bridgehead atoms. The highest BCUT2D eigenvalue weighted by Gasteiger charge is 2.09. The first-order valence-electron chi connectivity index (χ1n) is 5.29. The monoisotopic (exact) mass is 361 g/mol. The van der Waals surface area contributed by atoms with Crippen molar-refractivity contribution in [2.45, 2.75) is 13.3 Å². The quantitative estimate of drug-likeness (QED) is 0.460. The van der Waals surface area contributed by atoms with Crippen LogP contribution in [0.4, 0.5) is 5.95 Å². The highest BCUT2D eigenvalue weighted by molar-refractivity contribution is 14.1. The van der Waals surface area contributed by atoms with E-state index >= 15 is 0 Å². The summed E-state index contributed by atoms with van der Waals surface area (Å²) in [6, 6.07) is 0.223. The molecule has 0 saturated carbocycles. The first-order chi connectivity index (χ1) is 8.72. The van der Waals surface area contributed by atoms with Crippen molar-refractivity contribution in [1.29, 1.82) is 0 Å². The number of hydrazine groups is 1. The summed E-state index contributed by atoms with van der Waals surface area (Å²) in [5, 5.41) is 4.12. The van der Waals surface area contributed by atoms with Crippen molar-refractivity contribution in [3.8, 4) is 12.0 Å². The third-order valence-corrected chi connectivity index (χ3v) is 2.48. The number of rotatable bonds is 5. The lowest BCUT2D eigenvalue weighted by Crippen LogP contribution is -2.15. The number of halogens is 1.